The SMILES string of the molecule is COC(=O)CNC(=O)COC(=O)COc1ccc(Cl)cc1. The summed E-state index contributed by atoms with van der Waals surface area (Å²) in [4.78, 5) is 33.3. The zero-order valence-electron chi connectivity index (χ0n) is 11.3. The van der Waals surface area contributed by atoms with Crippen molar-refractivity contribution in [2.24, 2.45) is 0 Å². The Morgan fingerprint density at radius 3 is 2.38 bits per heavy atom. The Morgan fingerprint density at radius 2 is 1.76 bits per heavy atom. The molecule has 7 nitrogen and oxygen atoms in total. The number of methoxy groups -OCH3 is 1. The summed E-state index contributed by atoms with van der Waals surface area (Å²) in [5, 5.41) is 2.77. The second-order valence-corrected chi connectivity index (χ2v) is 4.19. The molecule has 0 aliphatic carbocycles. The van der Waals surface area contributed by atoms with Gasteiger partial charge in [0, 0.05) is 5.02 Å². The van der Waals surface area contributed by atoms with Crippen molar-refractivity contribution >= 4 is 29.4 Å². The number of carbonyl (C=O) groups excluding carboxylic acids is 3. The highest BCUT2D eigenvalue weighted by Crippen LogP contribution is 2.15. The Kier molecular flexibility index (Phi) is 7.03. The smallest absolute Gasteiger partial charge is 0.344 e. The van der Waals surface area contributed by atoms with E-state index in [4.69, 9.17) is 16.3 Å². The van der Waals surface area contributed by atoms with Gasteiger partial charge in [0.25, 0.3) is 5.91 Å². The van der Waals surface area contributed by atoms with Crippen LogP contribution in [0.1, 0.15) is 0 Å². The van der Waals surface area contributed by atoms with Crippen LogP contribution in [0.25, 0.3) is 0 Å². The summed E-state index contributed by atoms with van der Waals surface area (Å²) < 4.78 is 14.1. The maximum atomic E-state index is 11.3. The maximum absolute atomic E-state index is 11.3. The molecule has 0 spiro atoms. The fraction of sp³-hybridized carbons (Fsp3) is 0.308. The van der Waals surface area contributed by atoms with E-state index in [0.29, 0.717) is 10.8 Å². The number of esters is 2. The minimum absolute atomic E-state index is 0.284. The van der Waals surface area contributed by atoms with Crippen molar-refractivity contribution in [2.45, 2.75) is 0 Å². The molecule has 0 atom stereocenters. The van der Waals surface area contributed by atoms with Crippen LogP contribution in [-0.2, 0) is 23.9 Å². The Morgan fingerprint density at radius 1 is 1.10 bits per heavy atom. The number of nitrogens with one attached hydrogen (secondary N) is 1. The molecule has 1 aromatic rings. The summed E-state index contributed by atoms with van der Waals surface area (Å²) in [5.74, 6) is -1.47. The predicted octanol–water partition coefficient (Wildman–Crippen LogP) is 0.551. The number of rotatable bonds is 7. The summed E-state index contributed by atoms with van der Waals surface area (Å²) in [5.41, 5.74) is 0. The van der Waals surface area contributed by atoms with Gasteiger partial charge in [0.15, 0.2) is 13.2 Å². The van der Waals surface area contributed by atoms with Gasteiger partial charge < -0.3 is 19.5 Å². The second-order valence-electron chi connectivity index (χ2n) is 3.76. The molecule has 0 fully saturated rings. The summed E-state index contributed by atoms with van der Waals surface area (Å²) in [6, 6.07) is 6.42. The topological polar surface area (TPSA) is 90.9 Å². The van der Waals surface area contributed by atoms with Gasteiger partial charge in [-0.1, -0.05) is 11.6 Å². The quantitative estimate of drug-likeness (QED) is 0.739. The van der Waals surface area contributed by atoms with Crippen LogP contribution < -0.4 is 10.1 Å². The van der Waals surface area contributed by atoms with Crippen LogP contribution in [0.2, 0.25) is 5.02 Å². The average Bonchev–Trinajstić information content (AvgIpc) is 2.49. The minimum atomic E-state index is -0.710. The van der Waals surface area contributed by atoms with Crippen molar-refractivity contribution in [1.82, 2.24) is 5.32 Å². The van der Waals surface area contributed by atoms with Crippen molar-refractivity contribution in [1.29, 1.82) is 0 Å². The standard InChI is InChI=1S/C13H14ClNO6/c1-19-12(17)6-15-11(16)7-21-13(18)8-20-10-4-2-9(14)3-5-10/h2-5H,6-8H2,1H3,(H,15,16). The van der Waals surface area contributed by atoms with Gasteiger partial charge in [-0.2, -0.15) is 0 Å². The summed E-state index contributed by atoms with van der Waals surface area (Å²) in [7, 11) is 1.20. The largest absolute Gasteiger partial charge is 0.482 e. The third kappa shape index (κ3) is 7.17. The van der Waals surface area contributed by atoms with E-state index in [-0.39, 0.29) is 13.2 Å². The van der Waals surface area contributed by atoms with Gasteiger partial charge in [0.2, 0.25) is 0 Å². The molecular weight excluding hydrogens is 302 g/mol. The summed E-state index contributed by atoms with van der Waals surface area (Å²) in [6.45, 7) is -1.13. The van der Waals surface area contributed by atoms with Gasteiger partial charge in [-0.15, -0.1) is 0 Å². The average molecular weight is 316 g/mol. The monoisotopic (exact) mass is 315 g/mol. The molecule has 1 aromatic carbocycles. The molecule has 0 aliphatic heterocycles. The lowest BCUT2D eigenvalue weighted by atomic mass is 10.3. The molecule has 0 saturated carbocycles. The van der Waals surface area contributed by atoms with E-state index in [9.17, 15) is 14.4 Å². The van der Waals surface area contributed by atoms with Gasteiger partial charge in [-0.05, 0) is 24.3 Å². The fourth-order valence-corrected chi connectivity index (χ4v) is 1.28. The molecule has 0 heterocycles. The molecule has 114 valence electrons. The molecule has 0 aromatic heterocycles. The van der Waals surface area contributed by atoms with Gasteiger partial charge >= 0.3 is 11.9 Å². The molecule has 0 saturated heterocycles. The van der Waals surface area contributed by atoms with Crippen LogP contribution in [0.3, 0.4) is 0 Å². The Bertz CT molecular complexity index is 502. The Balaban J connectivity index is 2.20. The van der Waals surface area contributed by atoms with Crippen molar-refractivity contribution in [2.75, 3.05) is 26.9 Å². The van der Waals surface area contributed by atoms with Crippen LogP contribution >= 0.6 is 11.6 Å². The van der Waals surface area contributed by atoms with Gasteiger partial charge in [0.1, 0.15) is 12.3 Å². The van der Waals surface area contributed by atoms with Crippen LogP contribution in [-0.4, -0.2) is 44.7 Å². The Hall–Kier alpha value is -2.28. The number of amides is 1. The molecule has 1 amide bonds. The lowest BCUT2D eigenvalue weighted by molar-refractivity contribution is -0.150. The lowest BCUT2D eigenvalue weighted by Crippen LogP contribution is -2.34. The number of carbonyl (C=O) groups is 3. The van der Waals surface area contributed by atoms with Crippen LogP contribution in [0.4, 0.5) is 0 Å². The molecule has 21 heavy (non-hydrogen) atoms. The molecule has 1 rings (SSSR count). The van der Waals surface area contributed by atoms with E-state index in [2.05, 4.69) is 14.8 Å². The van der Waals surface area contributed by atoms with Crippen LogP contribution in [0, 0.1) is 0 Å². The van der Waals surface area contributed by atoms with E-state index >= 15 is 0 Å². The first-order valence-corrected chi connectivity index (χ1v) is 6.26. The number of benzene rings is 1. The highest BCUT2D eigenvalue weighted by molar-refractivity contribution is 6.30. The minimum Gasteiger partial charge on any atom is -0.482 e. The number of halogens is 1. The summed E-state index contributed by atoms with van der Waals surface area (Å²) >= 11 is 5.70. The van der Waals surface area contributed by atoms with Crippen molar-refractivity contribution in [3.63, 3.8) is 0 Å². The number of hydrogen-bond acceptors (Lipinski definition) is 6. The van der Waals surface area contributed by atoms with Crippen molar-refractivity contribution < 1.29 is 28.6 Å². The normalized spacial score (nSPS) is 9.62. The van der Waals surface area contributed by atoms with Crippen LogP contribution in [0.5, 0.6) is 5.75 Å². The molecule has 0 unspecified atom stereocenters. The predicted molar refractivity (Wildman–Crippen MR) is 72.9 cm³/mol. The summed E-state index contributed by atoms with van der Waals surface area (Å²) in [6.07, 6.45) is 0. The third-order valence-corrected chi connectivity index (χ3v) is 2.44. The zero-order valence-corrected chi connectivity index (χ0v) is 12.0. The van der Waals surface area contributed by atoms with E-state index < -0.39 is 24.5 Å². The zero-order chi connectivity index (χ0) is 15.7. The third-order valence-electron chi connectivity index (χ3n) is 2.19. The van der Waals surface area contributed by atoms with Gasteiger partial charge in [-0.3, -0.25) is 9.59 Å². The first-order valence-electron chi connectivity index (χ1n) is 5.88. The molecule has 1 N–H and O–H groups in total. The number of hydrogen-bond donors (Lipinski definition) is 1. The highest BCUT2D eigenvalue weighted by Gasteiger charge is 2.09. The molecule has 0 bridgehead atoms. The maximum Gasteiger partial charge on any atom is 0.344 e. The van der Waals surface area contributed by atoms with Crippen molar-refractivity contribution in [3.05, 3.63) is 29.3 Å². The first kappa shape index (κ1) is 16.8. The molecule has 0 aliphatic rings. The van der Waals surface area contributed by atoms with E-state index in [1.54, 1.807) is 24.3 Å². The Labute approximate surface area is 126 Å². The van der Waals surface area contributed by atoms with E-state index in [1.807, 2.05) is 0 Å². The molecule has 8 heteroatoms. The van der Waals surface area contributed by atoms with Gasteiger partial charge in [-0.25, -0.2) is 4.79 Å². The lowest BCUT2D eigenvalue weighted by Gasteiger charge is -2.07. The molecular formula is C13H14ClNO6. The van der Waals surface area contributed by atoms with Gasteiger partial charge in [0.05, 0.1) is 7.11 Å². The van der Waals surface area contributed by atoms with Crippen molar-refractivity contribution in [3.8, 4) is 5.75 Å². The molecule has 0 radical (unpaired) electrons. The highest BCUT2D eigenvalue weighted by atomic mass is 35.5. The van der Waals surface area contributed by atoms with Crippen LogP contribution in [0.15, 0.2) is 24.3 Å². The fourth-order valence-electron chi connectivity index (χ4n) is 1.15. The van der Waals surface area contributed by atoms with E-state index in [1.165, 1.54) is 7.11 Å². The second kappa shape index (κ2) is 8.80. The van der Waals surface area contributed by atoms with E-state index in [0.717, 1.165) is 0 Å². The first-order chi connectivity index (χ1) is 10.0. The number of ether oxygens (including phenoxy) is 3.